The van der Waals surface area contributed by atoms with Crippen molar-refractivity contribution in [3.63, 3.8) is 0 Å². The summed E-state index contributed by atoms with van der Waals surface area (Å²) in [6.07, 6.45) is 3.63. The molecular weight excluding hydrogens is 234 g/mol. The zero-order valence-electron chi connectivity index (χ0n) is 11.8. The second-order valence-corrected chi connectivity index (χ2v) is 4.94. The molecule has 0 spiro atoms. The smallest absolute Gasteiger partial charge is 0.0719 e. The predicted octanol–water partition coefficient (Wildman–Crippen LogP) is 2.93. The second kappa shape index (κ2) is 7.99. The second-order valence-electron chi connectivity index (χ2n) is 4.94. The summed E-state index contributed by atoms with van der Waals surface area (Å²) in [6.45, 7) is 5.95. The molecule has 1 aliphatic rings. The lowest BCUT2D eigenvalue weighted by molar-refractivity contribution is 0.0256. The van der Waals surface area contributed by atoms with Crippen molar-refractivity contribution in [2.45, 2.75) is 32.2 Å². The third-order valence-corrected chi connectivity index (χ3v) is 3.47. The van der Waals surface area contributed by atoms with Gasteiger partial charge in [0.1, 0.15) is 0 Å². The van der Waals surface area contributed by atoms with Gasteiger partial charge in [-0.25, -0.2) is 0 Å². The highest BCUT2D eigenvalue weighted by molar-refractivity contribution is 5.34. The minimum atomic E-state index is 0.379. The Morgan fingerprint density at radius 3 is 2.63 bits per heavy atom. The maximum Gasteiger partial charge on any atom is 0.0719 e. The van der Waals surface area contributed by atoms with Gasteiger partial charge >= 0.3 is 0 Å². The summed E-state index contributed by atoms with van der Waals surface area (Å²) in [5.41, 5.74) is 1.11. The third-order valence-electron chi connectivity index (χ3n) is 3.47. The van der Waals surface area contributed by atoms with Crippen LogP contribution in [0.2, 0.25) is 0 Å². The van der Waals surface area contributed by atoms with Gasteiger partial charge in [0.25, 0.3) is 0 Å². The van der Waals surface area contributed by atoms with Crippen LogP contribution in [0.15, 0.2) is 30.3 Å². The van der Waals surface area contributed by atoms with E-state index in [2.05, 4.69) is 35.8 Å². The first-order chi connectivity index (χ1) is 9.40. The molecule has 2 heteroatoms. The molecule has 0 aliphatic carbocycles. The molecule has 1 saturated heterocycles. The van der Waals surface area contributed by atoms with Gasteiger partial charge in [0.15, 0.2) is 0 Å². The van der Waals surface area contributed by atoms with E-state index in [0.29, 0.717) is 6.04 Å². The largest absolute Gasteiger partial charge is 0.379 e. The van der Waals surface area contributed by atoms with Gasteiger partial charge in [-0.3, -0.25) is 4.90 Å². The number of benzene rings is 1. The Morgan fingerprint density at radius 2 is 1.95 bits per heavy atom. The lowest BCUT2D eigenvalue weighted by atomic mass is 10.1. The SMILES string of the molecule is CCCCC(C#Cc1ccccc1)N1CCOCC1. The number of unbranched alkanes of at least 4 members (excludes halogenated alkanes) is 1. The topological polar surface area (TPSA) is 12.5 Å². The van der Waals surface area contributed by atoms with E-state index >= 15 is 0 Å². The van der Waals surface area contributed by atoms with E-state index in [0.717, 1.165) is 38.3 Å². The van der Waals surface area contributed by atoms with Crippen LogP contribution in [0.1, 0.15) is 31.7 Å². The molecule has 102 valence electrons. The molecule has 0 amide bonds. The normalized spacial score (nSPS) is 17.5. The summed E-state index contributed by atoms with van der Waals surface area (Å²) in [5.74, 6) is 6.78. The van der Waals surface area contributed by atoms with Gasteiger partial charge in [-0.1, -0.05) is 49.8 Å². The van der Waals surface area contributed by atoms with Crippen LogP contribution in [0.3, 0.4) is 0 Å². The fourth-order valence-corrected chi connectivity index (χ4v) is 2.32. The Hall–Kier alpha value is -1.30. The molecule has 2 rings (SSSR count). The zero-order valence-corrected chi connectivity index (χ0v) is 11.8. The summed E-state index contributed by atoms with van der Waals surface area (Å²) in [6, 6.07) is 10.6. The monoisotopic (exact) mass is 257 g/mol. The van der Waals surface area contributed by atoms with Crippen LogP contribution in [0, 0.1) is 11.8 Å². The first kappa shape index (κ1) is 14.1. The van der Waals surface area contributed by atoms with Gasteiger partial charge in [0, 0.05) is 18.7 Å². The first-order valence-electron chi connectivity index (χ1n) is 7.28. The van der Waals surface area contributed by atoms with Crippen LogP contribution in [0.4, 0.5) is 0 Å². The highest BCUT2D eigenvalue weighted by atomic mass is 16.5. The van der Waals surface area contributed by atoms with Crippen LogP contribution in [0.25, 0.3) is 0 Å². The maximum atomic E-state index is 5.43. The van der Waals surface area contributed by atoms with Gasteiger partial charge in [-0.2, -0.15) is 0 Å². The van der Waals surface area contributed by atoms with Gasteiger partial charge in [0.05, 0.1) is 19.3 Å². The maximum absolute atomic E-state index is 5.43. The third kappa shape index (κ3) is 4.70. The molecule has 0 bridgehead atoms. The van der Waals surface area contributed by atoms with E-state index in [9.17, 15) is 0 Å². The molecule has 2 nitrogen and oxygen atoms in total. The molecule has 1 aromatic rings. The van der Waals surface area contributed by atoms with Crippen LogP contribution in [-0.2, 0) is 4.74 Å². The number of rotatable bonds is 4. The van der Waals surface area contributed by atoms with E-state index in [1.807, 2.05) is 18.2 Å². The van der Waals surface area contributed by atoms with Crippen molar-refractivity contribution in [1.82, 2.24) is 4.90 Å². The lowest BCUT2D eigenvalue weighted by Crippen LogP contribution is -2.42. The van der Waals surface area contributed by atoms with E-state index in [4.69, 9.17) is 4.74 Å². The predicted molar refractivity (Wildman–Crippen MR) is 79.0 cm³/mol. The van der Waals surface area contributed by atoms with Gasteiger partial charge in [0.2, 0.25) is 0 Å². The number of morpholine rings is 1. The van der Waals surface area contributed by atoms with Crippen molar-refractivity contribution in [2.24, 2.45) is 0 Å². The molecular formula is C17H23NO. The van der Waals surface area contributed by atoms with Crippen molar-refractivity contribution in [3.8, 4) is 11.8 Å². The minimum Gasteiger partial charge on any atom is -0.379 e. The van der Waals surface area contributed by atoms with E-state index in [-0.39, 0.29) is 0 Å². The standard InChI is InChI=1S/C17H23NO/c1-2-3-9-17(18-12-14-19-15-13-18)11-10-16-7-5-4-6-8-16/h4-8,17H,2-3,9,12-15H2,1H3. The summed E-state index contributed by atoms with van der Waals surface area (Å²) >= 11 is 0. The van der Waals surface area contributed by atoms with Gasteiger partial charge in [-0.15, -0.1) is 0 Å². The van der Waals surface area contributed by atoms with Gasteiger partial charge < -0.3 is 4.74 Å². The summed E-state index contributed by atoms with van der Waals surface area (Å²) in [4.78, 5) is 2.47. The molecule has 1 unspecified atom stereocenters. The van der Waals surface area contributed by atoms with Crippen molar-refractivity contribution >= 4 is 0 Å². The molecule has 0 aromatic heterocycles. The van der Waals surface area contributed by atoms with Crippen LogP contribution < -0.4 is 0 Å². The molecule has 1 heterocycles. The number of hydrogen-bond acceptors (Lipinski definition) is 2. The highest BCUT2D eigenvalue weighted by Gasteiger charge is 2.18. The van der Waals surface area contributed by atoms with Crippen LogP contribution in [0.5, 0.6) is 0 Å². The Morgan fingerprint density at radius 1 is 1.21 bits per heavy atom. The van der Waals surface area contributed by atoms with E-state index < -0.39 is 0 Å². The fraction of sp³-hybridized carbons (Fsp3) is 0.529. The Balaban J connectivity index is 2.02. The highest BCUT2D eigenvalue weighted by Crippen LogP contribution is 2.11. The fourth-order valence-electron chi connectivity index (χ4n) is 2.32. The van der Waals surface area contributed by atoms with Gasteiger partial charge in [-0.05, 0) is 18.6 Å². The number of hydrogen-bond donors (Lipinski definition) is 0. The first-order valence-corrected chi connectivity index (χ1v) is 7.28. The van der Waals surface area contributed by atoms with Crippen LogP contribution >= 0.6 is 0 Å². The zero-order chi connectivity index (χ0) is 13.3. The Bertz CT molecular complexity index is 412. The van der Waals surface area contributed by atoms with Crippen LogP contribution in [-0.4, -0.2) is 37.2 Å². The van der Waals surface area contributed by atoms with Crippen molar-refractivity contribution in [3.05, 3.63) is 35.9 Å². The van der Waals surface area contributed by atoms with E-state index in [1.54, 1.807) is 0 Å². The summed E-state index contributed by atoms with van der Waals surface area (Å²) in [7, 11) is 0. The van der Waals surface area contributed by atoms with Crippen molar-refractivity contribution < 1.29 is 4.74 Å². The quantitative estimate of drug-likeness (QED) is 0.769. The molecule has 0 N–H and O–H groups in total. The molecule has 1 fully saturated rings. The van der Waals surface area contributed by atoms with E-state index in [1.165, 1.54) is 12.8 Å². The molecule has 1 atom stereocenters. The molecule has 0 radical (unpaired) electrons. The average Bonchev–Trinajstić information content (AvgIpc) is 2.49. The minimum absolute atomic E-state index is 0.379. The lowest BCUT2D eigenvalue weighted by Gasteiger charge is -2.31. The summed E-state index contributed by atoms with van der Waals surface area (Å²) in [5, 5.41) is 0. The Kier molecular flexibility index (Phi) is 5.94. The molecule has 19 heavy (non-hydrogen) atoms. The molecule has 1 aromatic carbocycles. The molecule has 1 aliphatic heterocycles. The summed E-state index contributed by atoms with van der Waals surface area (Å²) < 4.78 is 5.43. The van der Waals surface area contributed by atoms with Crippen molar-refractivity contribution in [1.29, 1.82) is 0 Å². The van der Waals surface area contributed by atoms with Crippen molar-refractivity contribution in [2.75, 3.05) is 26.3 Å². The average molecular weight is 257 g/mol. The number of nitrogens with zero attached hydrogens (tertiary/aromatic N) is 1. The Labute approximate surface area is 116 Å². The molecule has 0 saturated carbocycles. The number of ether oxygens (including phenoxy) is 1.